The fraction of sp³-hybridized carbons (Fsp3) is 0.231. The molecule has 0 saturated heterocycles. The Kier molecular flexibility index (Phi) is 3.49. The second-order valence-electron chi connectivity index (χ2n) is 4.19. The van der Waals surface area contributed by atoms with E-state index in [0.717, 1.165) is 21.4 Å². The van der Waals surface area contributed by atoms with Gasteiger partial charge in [0.15, 0.2) is 0 Å². The lowest BCUT2D eigenvalue weighted by Gasteiger charge is -2.08. The van der Waals surface area contributed by atoms with Gasteiger partial charge in [-0.1, -0.05) is 15.9 Å². The highest BCUT2D eigenvalue weighted by molar-refractivity contribution is 9.10. The zero-order valence-electron chi connectivity index (χ0n) is 10.4. The van der Waals surface area contributed by atoms with Crippen molar-refractivity contribution in [2.45, 2.75) is 6.10 Å². The first-order valence-electron chi connectivity index (χ1n) is 5.80. The fourth-order valence-electron chi connectivity index (χ4n) is 1.98. The molecule has 0 saturated carbocycles. The number of benzene rings is 1. The van der Waals surface area contributed by atoms with Crippen LogP contribution in [0.3, 0.4) is 0 Å². The highest BCUT2D eigenvalue weighted by atomic mass is 79.9. The van der Waals surface area contributed by atoms with Crippen molar-refractivity contribution in [3.05, 3.63) is 32.6 Å². The van der Waals surface area contributed by atoms with Crippen molar-refractivity contribution < 1.29 is 19.4 Å². The van der Waals surface area contributed by atoms with Crippen molar-refractivity contribution >= 4 is 33.2 Å². The van der Waals surface area contributed by atoms with Crippen LogP contribution in [0.2, 0.25) is 0 Å². The number of carbonyl (C=O) groups is 1. The molecule has 1 atom stereocenters. The summed E-state index contributed by atoms with van der Waals surface area (Å²) in [6, 6.07) is 5.51. The van der Waals surface area contributed by atoms with Gasteiger partial charge in [0.05, 0.1) is 17.7 Å². The molecule has 5 nitrogen and oxygen atoms in total. The molecular weight excluding hydrogens is 346 g/mol. The van der Waals surface area contributed by atoms with E-state index in [4.69, 9.17) is 4.74 Å². The molecule has 0 fully saturated rings. The van der Waals surface area contributed by atoms with Crippen molar-refractivity contribution in [2.75, 3.05) is 13.7 Å². The molecule has 104 valence electrons. The van der Waals surface area contributed by atoms with Crippen LogP contribution in [-0.2, 0) is 4.74 Å². The van der Waals surface area contributed by atoms with Crippen LogP contribution >= 0.6 is 27.3 Å². The van der Waals surface area contributed by atoms with Crippen LogP contribution in [0, 0.1) is 0 Å². The molecule has 7 heteroatoms. The van der Waals surface area contributed by atoms with Crippen molar-refractivity contribution in [1.82, 2.24) is 4.98 Å². The molecule has 0 amide bonds. The van der Waals surface area contributed by atoms with Crippen LogP contribution in [0.15, 0.2) is 22.7 Å². The minimum Gasteiger partial charge on any atom is -0.490 e. The summed E-state index contributed by atoms with van der Waals surface area (Å²) in [6.07, 6.45) is -0.813. The molecule has 0 radical (unpaired) electrons. The third kappa shape index (κ3) is 2.21. The molecule has 1 aliphatic rings. The molecule has 2 aromatic rings. The Balaban J connectivity index is 2.21. The number of thiazole rings is 1. The highest BCUT2D eigenvalue weighted by Crippen LogP contribution is 2.42. The SMILES string of the molecule is COC(=O)c1nc2c(s1)C(O)COc1ccc(Br)cc1-2. The number of hydrogen-bond donors (Lipinski definition) is 1. The first-order valence-corrected chi connectivity index (χ1v) is 7.41. The van der Waals surface area contributed by atoms with E-state index < -0.39 is 12.1 Å². The molecule has 0 spiro atoms. The second-order valence-corrected chi connectivity index (χ2v) is 6.14. The Morgan fingerprint density at radius 2 is 2.40 bits per heavy atom. The van der Waals surface area contributed by atoms with Gasteiger partial charge in [0, 0.05) is 10.0 Å². The standard InChI is InChI=1S/C13H10BrNO4S/c1-18-13(17)12-15-10-7-4-6(14)2-3-9(7)19-5-8(16)11(10)20-12/h2-4,8,16H,5H2,1H3. The van der Waals surface area contributed by atoms with E-state index >= 15 is 0 Å². The van der Waals surface area contributed by atoms with E-state index in [1.54, 1.807) is 6.07 Å². The van der Waals surface area contributed by atoms with Crippen LogP contribution in [-0.4, -0.2) is 29.8 Å². The number of aromatic nitrogens is 1. The summed E-state index contributed by atoms with van der Waals surface area (Å²) in [6.45, 7) is 0.129. The van der Waals surface area contributed by atoms with Crippen LogP contribution in [0.5, 0.6) is 5.75 Å². The molecule has 1 unspecified atom stereocenters. The Bertz CT molecular complexity index is 685. The first-order chi connectivity index (χ1) is 9.60. The maximum absolute atomic E-state index is 11.6. The summed E-state index contributed by atoms with van der Waals surface area (Å²) in [5.74, 6) is 0.125. The van der Waals surface area contributed by atoms with Crippen molar-refractivity contribution in [3.63, 3.8) is 0 Å². The number of methoxy groups -OCH3 is 1. The lowest BCUT2D eigenvalue weighted by molar-refractivity contribution is 0.0600. The number of hydrogen-bond acceptors (Lipinski definition) is 6. The van der Waals surface area contributed by atoms with Crippen molar-refractivity contribution in [3.8, 4) is 17.0 Å². The van der Waals surface area contributed by atoms with Crippen LogP contribution in [0.4, 0.5) is 0 Å². The van der Waals surface area contributed by atoms with Gasteiger partial charge in [-0.3, -0.25) is 0 Å². The van der Waals surface area contributed by atoms with E-state index in [9.17, 15) is 9.90 Å². The number of fused-ring (bicyclic) bond motifs is 3. The summed E-state index contributed by atoms with van der Waals surface area (Å²) in [7, 11) is 1.30. The lowest BCUT2D eigenvalue weighted by atomic mass is 10.1. The maximum atomic E-state index is 11.6. The van der Waals surface area contributed by atoms with E-state index in [0.29, 0.717) is 16.3 Å². The molecular formula is C13H10BrNO4S. The third-order valence-electron chi connectivity index (χ3n) is 2.91. The minimum atomic E-state index is -0.813. The summed E-state index contributed by atoms with van der Waals surface area (Å²) in [5, 5.41) is 10.4. The number of nitrogens with zero attached hydrogens (tertiary/aromatic N) is 1. The average molecular weight is 356 g/mol. The monoisotopic (exact) mass is 355 g/mol. The summed E-state index contributed by atoms with van der Waals surface area (Å²) in [5.41, 5.74) is 1.31. The van der Waals surface area contributed by atoms with Crippen molar-refractivity contribution in [2.24, 2.45) is 0 Å². The fourth-order valence-corrected chi connectivity index (χ4v) is 3.31. The van der Waals surface area contributed by atoms with Gasteiger partial charge in [0.2, 0.25) is 5.01 Å². The zero-order valence-corrected chi connectivity index (χ0v) is 12.8. The quantitative estimate of drug-likeness (QED) is 0.796. The molecule has 1 aromatic heterocycles. The Morgan fingerprint density at radius 1 is 1.60 bits per heavy atom. The molecule has 0 aliphatic carbocycles. The number of aliphatic hydroxyl groups excluding tert-OH is 1. The Hall–Kier alpha value is -1.44. The molecule has 1 aromatic carbocycles. The molecule has 0 bridgehead atoms. The zero-order chi connectivity index (χ0) is 14.3. The smallest absolute Gasteiger partial charge is 0.367 e. The van der Waals surface area contributed by atoms with Gasteiger partial charge in [-0.05, 0) is 18.2 Å². The number of esters is 1. The summed E-state index contributed by atoms with van der Waals surface area (Å²) in [4.78, 5) is 16.5. The Morgan fingerprint density at radius 3 is 3.15 bits per heavy atom. The predicted molar refractivity (Wildman–Crippen MR) is 77.0 cm³/mol. The average Bonchev–Trinajstić information content (AvgIpc) is 2.85. The van der Waals surface area contributed by atoms with E-state index in [1.165, 1.54) is 7.11 Å². The maximum Gasteiger partial charge on any atom is 0.367 e. The van der Waals surface area contributed by atoms with Crippen LogP contribution < -0.4 is 4.74 Å². The van der Waals surface area contributed by atoms with Gasteiger partial charge >= 0.3 is 5.97 Å². The molecule has 1 N–H and O–H groups in total. The molecule has 3 rings (SSSR count). The van der Waals surface area contributed by atoms with Gasteiger partial charge in [-0.2, -0.15) is 0 Å². The topological polar surface area (TPSA) is 68.7 Å². The van der Waals surface area contributed by atoms with E-state index in [-0.39, 0.29) is 11.6 Å². The number of rotatable bonds is 1. The van der Waals surface area contributed by atoms with E-state index in [1.807, 2.05) is 12.1 Å². The predicted octanol–water partition coefficient (Wildman–Crippen LogP) is 2.79. The van der Waals surface area contributed by atoms with Gasteiger partial charge in [-0.25, -0.2) is 9.78 Å². The van der Waals surface area contributed by atoms with Gasteiger partial charge in [0.25, 0.3) is 0 Å². The third-order valence-corrected chi connectivity index (χ3v) is 4.54. The van der Waals surface area contributed by atoms with Crippen LogP contribution in [0.1, 0.15) is 20.8 Å². The lowest BCUT2D eigenvalue weighted by Crippen LogP contribution is -2.06. The van der Waals surface area contributed by atoms with Gasteiger partial charge in [0.1, 0.15) is 18.5 Å². The van der Waals surface area contributed by atoms with Gasteiger partial charge in [-0.15, -0.1) is 11.3 Å². The van der Waals surface area contributed by atoms with E-state index in [2.05, 4.69) is 25.7 Å². The van der Waals surface area contributed by atoms with Crippen molar-refractivity contribution in [1.29, 1.82) is 0 Å². The molecule has 2 heterocycles. The molecule has 1 aliphatic heterocycles. The number of ether oxygens (including phenoxy) is 2. The number of carbonyl (C=O) groups excluding carboxylic acids is 1. The summed E-state index contributed by atoms with van der Waals surface area (Å²) < 4.78 is 11.1. The normalized spacial score (nSPS) is 16.6. The van der Waals surface area contributed by atoms with Crippen LogP contribution in [0.25, 0.3) is 11.3 Å². The highest BCUT2D eigenvalue weighted by Gasteiger charge is 2.28. The van der Waals surface area contributed by atoms with Gasteiger partial charge < -0.3 is 14.6 Å². The number of halogens is 1. The molecule has 20 heavy (non-hydrogen) atoms. The largest absolute Gasteiger partial charge is 0.490 e. The minimum absolute atomic E-state index is 0.129. The summed E-state index contributed by atoms with van der Waals surface area (Å²) >= 11 is 4.53. The first kappa shape index (κ1) is 13.5. The Labute approximate surface area is 127 Å². The second kappa shape index (κ2) is 5.16. The number of aliphatic hydroxyl groups is 1.